The molecule has 2 nitrogen and oxygen atoms in total. The summed E-state index contributed by atoms with van der Waals surface area (Å²) < 4.78 is 0. The van der Waals surface area contributed by atoms with Crippen molar-refractivity contribution in [3.05, 3.63) is 34.9 Å². The van der Waals surface area contributed by atoms with Gasteiger partial charge in [0.25, 0.3) is 0 Å². The summed E-state index contributed by atoms with van der Waals surface area (Å²) in [6, 6.07) is 6.25. The second-order valence-corrected chi connectivity index (χ2v) is 5.10. The van der Waals surface area contributed by atoms with Gasteiger partial charge in [-0.2, -0.15) is 0 Å². The predicted molar refractivity (Wildman–Crippen MR) is 75.2 cm³/mol. The van der Waals surface area contributed by atoms with Crippen LogP contribution >= 0.6 is 0 Å². The number of carbonyl (C=O) groups excluding carboxylic acids is 1. The number of ketones is 1. The molecule has 0 spiro atoms. The van der Waals surface area contributed by atoms with Crippen molar-refractivity contribution in [2.75, 3.05) is 6.54 Å². The topological polar surface area (TPSA) is 29.1 Å². The van der Waals surface area contributed by atoms with Crippen LogP contribution in [0.4, 0.5) is 0 Å². The van der Waals surface area contributed by atoms with Crippen LogP contribution in [0.3, 0.4) is 0 Å². The third kappa shape index (κ3) is 2.81. The van der Waals surface area contributed by atoms with Gasteiger partial charge >= 0.3 is 0 Å². The molecule has 0 amide bonds. The van der Waals surface area contributed by atoms with Gasteiger partial charge in [0.15, 0.2) is 5.78 Å². The third-order valence-electron chi connectivity index (χ3n) is 3.73. The number of fused-ring (bicyclic) bond motifs is 1. The highest BCUT2D eigenvalue weighted by Gasteiger charge is 2.20. The van der Waals surface area contributed by atoms with E-state index in [-0.39, 0.29) is 11.8 Å². The molecule has 1 aromatic rings. The van der Waals surface area contributed by atoms with Crippen molar-refractivity contribution in [3.63, 3.8) is 0 Å². The first-order chi connectivity index (χ1) is 8.76. The van der Waals surface area contributed by atoms with Crippen LogP contribution in [0.25, 0.3) is 0 Å². The van der Waals surface area contributed by atoms with E-state index in [4.69, 9.17) is 0 Å². The molecule has 0 aromatic heterocycles. The highest BCUT2D eigenvalue weighted by atomic mass is 16.1. The van der Waals surface area contributed by atoms with Crippen LogP contribution in [-0.2, 0) is 12.8 Å². The summed E-state index contributed by atoms with van der Waals surface area (Å²) in [6.07, 6.45) is 5.50. The van der Waals surface area contributed by atoms with Crippen LogP contribution in [0.1, 0.15) is 54.6 Å². The first-order valence-corrected chi connectivity index (χ1v) is 7.15. The van der Waals surface area contributed by atoms with Gasteiger partial charge in [0.05, 0.1) is 6.04 Å². The second-order valence-electron chi connectivity index (χ2n) is 5.10. The van der Waals surface area contributed by atoms with Gasteiger partial charge in [-0.05, 0) is 49.4 Å². The average Bonchev–Trinajstić information content (AvgIpc) is 2.84. The third-order valence-corrected chi connectivity index (χ3v) is 3.73. The molecule has 18 heavy (non-hydrogen) atoms. The van der Waals surface area contributed by atoms with E-state index in [1.54, 1.807) is 0 Å². The Labute approximate surface area is 110 Å². The van der Waals surface area contributed by atoms with Crippen molar-refractivity contribution in [2.24, 2.45) is 0 Å². The Morgan fingerprint density at radius 3 is 2.78 bits per heavy atom. The summed E-state index contributed by atoms with van der Waals surface area (Å²) in [5, 5.41) is 3.30. The van der Waals surface area contributed by atoms with Crippen LogP contribution < -0.4 is 5.32 Å². The number of Topliss-reactive ketones (excluding diaryl/α,β-unsaturated/α-hetero) is 1. The van der Waals surface area contributed by atoms with E-state index in [2.05, 4.69) is 31.3 Å². The van der Waals surface area contributed by atoms with E-state index in [1.165, 1.54) is 24.0 Å². The molecule has 0 radical (unpaired) electrons. The smallest absolute Gasteiger partial charge is 0.179 e. The maximum Gasteiger partial charge on any atom is 0.179 e. The van der Waals surface area contributed by atoms with E-state index < -0.39 is 0 Å². The Hall–Kier alpha value is -1.15. The SMILES string of the molecule is CCC[C@H](NCC)C(=O)c1ccc2c(c1)CCC2. The van der Waals surface area contributed by atoms with Gasteiger partial charge < -0.3 is 5.32 Å². The van der Waals surface area contributed by atoms with Crippen molar-refractivity contribution < 1.29 is 4.79 Å². The molecule has 0 aliphatic heterocycles. The van der Waals surface area contributed by atoms with E-state index in [0.29, 0.717) is 0 Å². The summed E-state index contributed by atoms with van der Waals surface area (Å²) in [4.78, 5) is 12.5. The van der Waals surface area contributed by atoms with Crippen LogP contribution in [0.5, 0.6) is 0 Å². The summed E-state index contributed by atoms with van der Waals surface area (Å²) in [5.41, 5.74) is 3.70. The maximum atomic E-state index is 12.5. The average molecular weight is 245 g/mol. The Kier molecular flexibility index (Phi) is 4.54. The number of hydrogen-bond acceptors (Lipinski definition) is 2. The lowest BCUT2D eigenvalue weighted by Crippen LogP contribution is -2.36. The first kappa shape index (κ1) is 13.3. The zero-order valence-electron chi connectivity index (χ0n) is 11.5. The summed E-state index contributed by atoms with van der Waals surface area (Å²) in [6.45, 7) is 5.03. The fourth-order valence-electron chi connectivity index (χ4n) is 2.79. The number of carbonyl (C=O) groups is 1. The van der Waals surface area contributed by atoms with Gasteiger partial charge in [-0.25, -0.2) is 0 Å². The first-order valence-electron chi connectivity index (χ1n) is 7.15. The van der Waals surface area contributed by atoms with Crippen molar-refractivity contribution >= 4 is 5.78 Å². The molecule has 1 aliphatic rings. The maximum absolute atomic E-state index is 12.5. The molecule has 98 valence electrons. The largest absolute Gasteiger partial charge is 0.307 e. The minimum Gasteiger partial charge on any atom is -0.307 e. The predicted octanol–water partition coefficient (Wildman–Crippen LogP) is 3.14. The molecule has 0 heterocycles. The second kappa shape index (κ2) is 6.14. The molecular weight excluding hydrogens is 222 g/mol. The van der Waals surface area contributed by atoms with Crippen molar-refractivity contribution in [1.29, 1.82) is 0 Å². The molecular formula is C16H23NO. The number of hydrogen-bond donors (Lipinski definition) is 1. The highest BCUT2D eigenvalue weighted by Crippen LogP contribution is 2.23. The fourth-order valence-corrected chi connectivity index (χ4v) is 2.79. The minimum absolute atomic E-state index is 0.0144. The van der Waals surface area contributed by atoms with Crippen LogP contribution in [0.2, 0.25) is 0 Å². The number of rotatable bonds is 6. The zero-order valence-corrected chi connectivity index (χ0v) is 11.5. The van der Waals surface area contributed by atoms with Crippen molar-refractivity contribution in [3.8, 4) is 0 Å². The molecule has 1 N–H and O–H groups in total. The summed E-state index contributed by atoms with van der Waals surface area (Å²) in [5.74, 6) is 0.258. The standard InChI is InChI=1S/C16H23NO/c1-3-6-15(17-4-2)16(18)14-10-9-12-7-5-8-13(12)11-14/h9-11,15,17H,3-8H2,1-2H3/t15-/m0/s1. The van der Waals surface area contributed by atoms with E-state index in [1.807, 2.05) is 6.07 Å². The molecule has 1 atom stereocenters. The lowest BCUT2D eigenvalue weighted by molar-refractivity contribution is 0.0938. The van der Waals surface area contributed by atoms with Crippen LogP contribution in [0, 0.1) is 0 Å². The molecule has 0 saturated heterocycles. The normalized spacial score (nSPS) is 15.4. The Bertz CT molecular complexity index is 419. The number of likely N-dealkylation sites (N-methyl/N-ethyl adjacent to an activating group) is 1. The quantitative estimate of drug-likeness (QED) is 0.780. The van der Waals surface area contributed by atoms with Gasteiger partial charge in [0.1, 0.15) is 0 Å². The van der Waals surface area contributed by atoms with Crippen LogP contribution in [0.15, 0.2) is 18.2 Å². The molecule has 0 fully saturated rings. The zero-order chi connectivity index (χ0) is 13.0. The molecule has 2 rings (SSSR count). The van der Waals surface area contributed by atoms with Crippen molar-refractivity contribution in [1.82, 2.24) is 5.32 Å². The van der Waals surface area contributed by atoms with Gasteiger partial charge in [0.2, 0.25) is 0 Å². The highest BCUT2D eigenvalue weighted by molar-refractivity contribution is 6.00. The Balaban J connectivity index is 2.16. The van der Waals surface area contributed by atoms with Crippen molar-refractivity contribution in [2.45, 2.75) is 52.0 Å². The van der Waals surface area contributed by atoms with Gasteiger partial charge in [0, 0.05) is 5.56 Å². The molecule has 2 heteroatoms. The number of nitrogens with one attached hydrogen (secondary N) is 1. The number of aryl methyl sites for hydroxylation is 2. The molecule has 1 aromatic carbocycles. The molecule has 0 unspecified atom stereocenters. The number of benzene rings is 1. The molecule has 1 aliphatic carbocycles. The lowest BCUT2D eigenvalue weighted by Gasteiger charge is -2.16. The summed E-state index contributed by atoms with van der Waals surface area (Å²) in [7, 11) is 0. The molecule has 0 bridgehead atoms. The minimum atomic E-state index is -0.0144. The fraction of sp³-hybridized carbons (Fsp3) is 0.562. The monoisotopic (exact) mass is 245 g/mol. The van der Waals surface area contributed by atoms with Gasteiger partial charge in [-0.3, -0.25) is 4.79 Å². The van der Waals surface area contributed by atoms with E-state index in [9.17, 15) is 4.79 Å². The van der Waals surface area contributed by atoms with Gasteiger partial charge in [-0.1, -0.05) is 32.4 Å². The van der Waals surface area contributed by atoms with E-state index >= 15 is 0 Å². The Morgan fingerprint density at radius 2 is 2.06 bits per heavy atom. The lowest BCUT2D eigenvalue weighted by atomic mass is 9.97. The molecule has 0 saturated carbocycles. The Morgan fingerprint density at radius 1 is 1.28 bits per heavy atom. The summed E-state index contributed by atoms with van der Waals surface area (Å²) >= 11 is 0. The van der Waals surface area contributed by atoms with E-state index in [0.717, 1.165) is 31.4 Å². The van der Waals surface area contributed by atoms with Crippen LogP contribution in [-0.4, -0.2) is 18.4 Å². The van der Waals surface area contributed by atoms with Gasteiger partial charge in [-0.15, -0.1) is 0 Å².